The maximum atomic E-state index is 12.0. The molecule has 1 saturated heterocycles. The Bertz CT molecular complexity index is 550. The fourth-order valence-corrected chi connectivity index (χ4v) is 2.95. The van der Waals surface area contributed by atoms with E-state index in [1.807, 2.05) is 18.7 Å². The average molecular weight is 277 g/mol. The molecule has 0 aromatic carbocycles. The molecule has 7 heteroatoms. The monoisotopic (exact) mass is 277 g/mol. The highest BCUT2D eigenvalue weighted by atomic mass is 16.5. The molecule has 0 spiro atoms. The van der Waals surface area contributed by atoms with Gasteiger partial charge < -0.3 is 15.4 Å². The number of nitrogen functional groups attached to an aromatic ring is 1. The van der Waals surface area contributed by atoms with Gasteiger partial charge in [-0.3, -0.25) is 4.79 Å². The van der Waals surface area contributed by atoms with Gasteiger partial charge in [-0.05, 0) is 19.3 Å². The zero-order chi connectivity index (χ0) is 14.3. The van der Waals surface area contributed by atoms with Gasteiger partial charge in [-0.2, -0.15) is 15.0 Å². The Balaban J connectivity index is 1.78. The molecule has 0 radical (unpaired) electrons. The summed E-state index contributed by atoms with van der Waals surface area (Å²) in [5.74, 6) is 1.75. The Kier molecular flexibility index (Phi) is 2.99. The Labute approximate surface area is 117 Å². The maximum absolute atomic E-state index is 12.0. The Hall–Kier alpha value is -1.92. The molecule has 2 heterocycles. The highest BCUT2D eigenvalue weighted by Crippen LogP contribution is 2.58. The molecule has 1 aliphatic heterocycles. The molecule has 3 rings (SSSR count). The van der Waals surface area contributed by atoms with Crippen molar-refractivity contribution in [3.8, 4) is 0 Å². The summed E-state index contributed by atoms with van der Waals surface area (Å²) >= 11 is 0. The number of carbonyl (C=O) groups is 1. The van der Waals surface area contributed by atoms with Gasteiger partial charge >= 0.3 is 5.97 Å². The molecule has 2 fully saturated rings. The summed E-state index contributed by atoms with van der Waals surface area (Å²) in [5.41, 5.74) is 5.36. The van der Waals surface area contributed by atoms with Crippen LogP contribution in [-0.2, 0) is 16.0 Å². The molecule has 1 aromatic rings. The van der Waals surface area contributed by atoms with Crippen LogP contribution in [0.1, 0.15) is 26.1 Å². The zero-order valence-electron chi connectivity index (χ0n) is 11.8. The van der Waals surface area contributed by atoms with Gasteiger partial charge in [-0.15, -0.1) is 0 Å². The van der Waals surface area contributed by atoms with Crippen molar-refractivity contribution in [1.29, 1.82) is 0 Å². The first-order valence-electron chi connectivity index (χ1n) is 7.01. The number of piperidine rings is 1. The molecular formula is C13H19N5O2. The number of carbonyl (C=O) groups excluding carboxylic acids is 1. The van der Waals surface area contributed by atoms with Crippen molar-refractivity contribution in [2.45, 2.75) is 26.7 Å². The molecule has 108 valence electrons. The van der Waals surface area contributed by atoms with Gasteiger partial charge in [0.05, 0.1) is 12.0 Å². The van der Waals surface area contributed by atoms with Crippen LogP contribution in [0, 0.1) is 11.3 Å². The molecule has 2 atom stereocenters. The third kappa shape index (κ3) is 1.97. The van der Waals surface area contributed by atoms with Crippen LogP contribution in [0.3, 0.4) is 0 Å². The lowest BCUT2D eigenvalue weighted by Crippen LogP contribution is -2.31. The van der Waals surface area contributed by atoms with Gasteiger partial charge in [0.1, 0.15) is 5.82 Å². The molecule has 2 aliphatic rings. The normalized spacial score (nSPS) is 27.3. The van der Waals surface area contributed by atoms with Crippen LogP contribution in [0.2, 0.25) is 0 Å². The number of nitrogens with two attached hydrogens (primary N) is 1. The van der Waals surface area contributed by atoms with Crippen LogP contribution >= 0.6 is 0 Å². The van der Waals surface area contributed by atoms with E-state index in [1.165, 1.54) is 0 Å². The number of nitrogens with zero attached hydrogens (tertiary/aromatic N) is 4. The molecule has 1 aliphatic carbocycles. The van der Waals surface area contributed by atoms with Crippen LogP contribution in [0.5, 0.6) is 0 Å². The number of aromatic nitrogens is 3. The minimum Gasteiger partial charge on any atom is -0.466 e. The molecule has 0 unspecified atom stereocenters. The molecule has 1 aromatic heterocycles. The van der Waals surface area contributed by atoms with Crippen LogP contribution in [0.15, 0.2) is 0 Å². The summed E-state index contributed by atoms with van der Waals surface area (Å²) in [6.45, 7) is 5.62. The van der Waals surface area contributed by atoms with Crippen molar-refractivity contribution >= 4 is 17.9 Å². The van der Waals surface area contributed by atoms with Crippen molar-refractivity contribution in [2.75, 3.05) is 30.3 Å². The van der Waals surface area contributed by atoms with Gasteiger partial charge in [0.2, 0.25) is 11.9 Å². The second-order valence-corrected chi connectivity index (χ2v) is 5.42. The second-order valence-electron chi connectivity index (χ2n) is 5.42. The number of rotatable bonds is 4. The molecular weight excluding hydrogens is 258 g/mol. The van der Waals surface area contributed by atoms with Gasteiger partial charge in [-0.1, -0.05) is 6.92 Å². The standard InChI is InChI=1S/C13H19N5O2/c1-3-9-15-11(14)17-12(16-9)18-6-8-5-13(8,7-18)10(19)20-4-2/h8H,3-7H2,1-2H3,(H2,14,15,16,17)/t8-,13-/m1/s1. The molecule has 2 N–H and O–H groups in total. The lowest BCUT2D eigenvalue weighted by Gasteiger charge is -2.20. The number of hydrogen-bond acceptors (Lipinski definition) is 7. The fourth-order valence-electron chi connectivity index (χ4n) is 2.95. The van der Waals surface area contributed by atoms with Crippen molar-refractivity contribution in [1.82, 2.24) is 15.0 Å². The van der Waals surface area contributed by atoms with Gasteiger partial charge in [0, 0.05) is 19.5 Å². The Morgan fingerprint density at radius 1 is 1.45 bits per heavy atom. The summed E-state index contributed by atoms with van der Waals surface area (Å²) in [7, 11) is 0. The number of fused-ring (bicyclic) bond motifs is 1. The minimum absolute atomic E-state index is 0.0924. The fraction of sp³-hybridized carbons (Fsp3) is 0.692. The highest BCUT2D eigenvalue weighted by Gasteiger charge is 2.66. The van der Waals surface area contributed by atoms with E-state index in [4.69, 9.17) is 10.5 Å². The van der Waals surface area contributed by atoms with E-state index in [2.05, 4.69) is 15.0 Å². The average Bonchev–Trinajstić information content (AvgIpc) is 3.01. The smallest absolute Gasteiger partial charge is 0.314 e. The van der Waals surface area contributed by atoms with Crippen LogP contribution in [0.4, 0.5) is 11.9 Å². The largest absolute Gasteiger partial charge is 0.466 e. The minimum atomic E-state index is -0.343. The quantitative estimate of drug-likeness (QED) is 0.796. The summed E-state index contributed by atoms with van der Waals surface area (Å²) < 4.78 is 5.18. The van der Waals surface area contributed by atoms with E-state index in [0.29, 0.717) is 37.3 Å². The van der Waals surface area contributed by atoms with Gasteiger partial charge in [0.25, 0.3) is 0 Å². The van der Waals surface area contributed by atoms with E-state index in [1.54, 1.807) is 0 Å². The highest BCUT2D eigenvalue weighted by molar-refractivity contribution is 5.83. The SMILES string of the molecule is CCOC(=O)[C@@]12C[C@@H]1CN(c1nc(N)nc(CC)n1)C2. The van der Waals surface area contributed by atoms with Crippen LogP contribution in [-0.4, -0.2) is 40.6 Å². The second kappa shape index (κ2) is 4.57. The summed E-state index contributed by atoms with van der Waals surface area (Å²) in [6.07, 6.45) is 1.61. The first-order valence-corrected chi connectivity index (χ1v) is 7.01. The van der Waals surface area contributed by atoms with Crippen molar-refractivity contribution in [3.63, 3.8) is 0 Å². The van der Waals surface area contributed by atoms with Crippen molar-refractivity contribution in [2.24, 2.45) is 11.3 Å². The molecule has 7 nitrogen and oxygen atoms in total. The van der Waals surface area contributed by atoms with E-state index < -0.39 is 0 Å². The predicted molar refractivity (Wildman–Crippen MR) is 73.0 cm³/mol. The van der Waals surface area contributed by atoms with Crippen molar-refractivity contribution < 1.29 is 9.53 Å². The molecule has 0 amide bonds. The maximum Gasteiger partial charge on any atom is 0.314 e. The number of ether oxygens (including phenoxy) is 1. The predicted octanol–water partition coefficient (Wildman–Crippen LogP) is 0.406. The van der Waals surface area contributed by atoms with Crippen molar-refractivity contribution in [3.05, 3.63) is 5.82 Å². The van der Waals surface area contributed by atoms with E-state index >= 15 is 0 Å². The topological polar surface area (TPSA) is 94.2 Å². The molecule has 0 bridgehead atoms. The van der Waals surface area contributed by atoms with E-state index in [9.17, 15) is 4.79 Å². The number of anilines is 2. The molecule has 1 saturated carbocycles. The van der Waals surface area contributed by atoms with Gasteiger partial charge in [-0.25, -0.2) is 0 Å². The van der Waals surface area contributed by atoms with E-state index in [0.717, 1.165) is 13.0 Å². The first kappa shape index (κ1) is 13.1. The van der Waals surface area contributed by atoms with Crippen LogP contribution < -0.4 is 10.6 Å². The summed E-state index contributed by atoms with van der Waals surface area (Å²) in [4.78, 5) is 26.7. The third-order valence-electron chi connectivity index (χ3n) is 4.11. The van der Waals surface area contributed by atoms with Gasteiger partial charge in [0.15, 0.2) is 0 Å². The number of hydrogen-bond donors (Lipinski definition) is 1. The Morgan fingerprint density at radius 2 is 2.25 bits per heavy atom. The van der Waals surface area contributed by atoms with E-state index in [-0.39, 0.29) is 17.3 Å². The third-order valence-corrected chi connectivity index (χ3v) is 4.11. The summed E-state index contributed by atoms with van der Waals surface area (Å²) in [5, 5.41) is 0. The Morgan fingerprint density at radius 3 is 2.95 bits per heavy atom. The number of esters is 1. The lowest BCUT2D eigenvalue weighted by molar-refractivity contribution is -0.149. The number of aryl methyl sites for hydroxylation is 1. The van der Waals surface area contributed by atoms with Crippen LogP contribution in [0.25, 0.3) is 0 Å². The lowest BCUT2D eigenvalue weighted by atomic mass is 10.1. The zero-order valence-corrected chi connectivity index (χ0v) is 11.8. The first-order chi connectivity index (χ1) is 9.59. The molecule has 20 heavy (non-hydrogen) atoms. The summed E-state index contributed by atoms with van der Waals surface area (Å²) in [6, 6.07) is 0.